The first kappa shape index (κ1) is 15.8. The van der Waals surface area contributed by atoms with Gasteiger partial charge in [0.05, 0.1) is 11.5 Å². The summed E-state index contributed by atoms with van der Waals surface area (Å²) in [5.41, 5.74) is -0.553. The van der Waals surface area contributed by atoms with Crippen molar-refractivity contribution in [3.05, 3.63) is 35.4 Å². The summed E-state index contributed by atoms with van der Waals surface area (Å²) in [5.74, 6) is -2.75. The summed E-state index contributed by atoms with van der Waals surface area (Å²) >= 11 is 0. The molecule has 1 aromatic rings. The summed E-state index contributed by atoms with van der Waals surface area (Å²) in [6.07, 6.45) is 0. The average Bonchev–Trinajstić information content (AvgIpc) is 2.04. The maximum absolute atomic E-state index is 10.4. The normalized spacial score (nSPS) is 8.00. The molecule has 0 saturated carbocycles. The van der Waals surface area contributed by atoms with Crippen molar-refractivity contribution < 1.29 is 25.3 Å². The summed E-state index contributed by atoms with van der Waals surface area (Å²) in [7, 11) is 0. The van der Waals surface area contributed by atoms with E-state index in [1.54, 1.807) is 0 Å². The molecule has 0 atom stereocenters. The van der Waals surface area contributed by atoms with Gasteiger partial charge in [0.25, 0.3) is 0 Å². The van der Waals surface area contributed by atoms with Crippen LogP contribution in [0.5, 0.6) is 0 Å². The number of hydrogen-bond acceptors (Lipinski definition) is 3. The fourth-order valence-electron chi connectivity index (χ4n) is 0.848. The smallest absolute Gasteiger partial charge is 0.545 e. The second kappa shape index (κ2) is 6.78. The molecule has 0 aliphatic rings. The van der Waals surface area contributed by atoms with Gasteiger partial charge in [-0.25, -0.2) is 4.79 Å². The first-order chi connectivity index (χ1) is 5.63. The molecule has 0 unspecified atom stereocenters. The zero-order valence-electron chi connectivity index (χ0n) is 7.19. The topological polar surface area (TPSA) is 109 Å². The monoisotopic (exact) mass is 223 g/mol. The molecule has 14 heavy (non-hydrogen) atoms. The van der Waals surface area contributed by atoms with E-state index >= 15 is 0 Å². The van der Waals surface area contributed by atoms with Crippen LogP contribution in [0.2, 0.25) is 0 Å². The van der Waals surface area contributed by atoms with Crippen LogP contribution in [0.15, 0.2) is 24.3 Å². The summed E-state index contributed by atoms with van der Waals surface area (Å²) < 4.78 is 0. The largest absolute Gasteiger partial charge is 2.00 e. The molecule has 0 radical (unpaired) electrons. The quantitative estimate of drug-likeness (QED) is 0.618. The third-order valence-corrected chi connectivity index (χ3v) is 1.38. The molecular formula is C8H7CaO5+. The molecule has 0 amide bonds. The van der Waals surface area contributed by atoms with Gasteiger partial charge in [0.1, 0.15) is 0 Å². The molecule has 3 N–H and O–H groups in total. The van der Waals surface area contributed by atoms with E-state index in [4.69, 9.17) is 5.11 Å². The molecule has 1 aromatic carbocycles. The van der Waals surface area contributed by atoms with Crippen molar-refractivity contribution in [2.45, 2.75) is 0 Å². The van der Waals surface area contributed by atoms with Crippen LogP contribution in [0.3, 0.4) is 0 Å². The molecular weight excluding hydrogens is 216 g/mol. The number of carbonyl (C=O) groups excluding carboxylic acids is 1. The maximum Gasteiger partial charge on any atom is 2.00 e. The van der Waals surface area contributed by atoms with Crippen molar-refractivity contribution in [2.24, 2.45) is 0 Å². The van der Waals surface area contributed by atoms with Gasteiger partial charge >= 0.3 is 43.7 Å². The van der Waals surface area contributed by atoms with Gasteiger partial charge in [-0.1, -0.05) is 18.2 Å². The maximum atomic E-state index is 10.4. The summed E-state index contributed by atoms with van der Waals surface area (Å²) in [6, 6.07) is 5.31. The van der Waals surface area contributed by atoms with Crippen LogP contribution in [0.1, 0.15) is 20.7 Å². The van der Waals surface area contributed by atoms with Crippen molar-refractivity contribution in [3.63, 3.8) is 0 Å². The van der Waals surface area contributed by atoms with Gasteiger partial charge in [0, 0.05) is 5.56 Å². The predicted octanol–water partition coefficient (Wildman–Crippen LogP) is -1.46. The molecule has 0 aliphatic carbocycles. The zero-order valence-corrected chi connectivity index (χ0v) is 9.40. The van der Waals surface area contributed by atoms with Crippen LogP contribution < -0.4 is 5.11 Å². The molecule has 0 heterocycles. The zero-order chi connectivity index (χ0) is 9.14. The Morgan fingerprint density at radius 1 is 1.14 bits per heavy atom. The molecule has 0 aromatic heterocycles. The van der Waals surface area contributed by atoms with Gasteiger partial charge in [-0.15, -0.1) is 0 Å². The van der Waals surface area contributed by atoms with E-state index in [2.05, 4.69) is 0 Å². The Labute approximate surface area is 110 Å². The molecule has 6 heteroatoms. The van der Waals surface area contributed by atoms with Gasteiger partial charge in [-0.2, -0.15) is 0 Å². The van der Waals surface area contributed by atoms with Crippen molar-refractivity contribution in [3.8, 4) is 0 Å². The number of rotatable bonds is 2. The molecule has 0 aliphatic heterocycles. The Balaban J connectivity index is 0. The molecule has 0 bridgehead atoms. The van der Waals surface area contributed by atoms with Crippen LogP contribution in [0, 0.1) is 0 Å². The predicted molar refractivity (Wildman–Crippen MR) is 47.1 cm³/mol. The number of carboxylic acids is 2. The minimum atomic E-state index is -1.48. The number of aromatic carboxylic acids is 2. The van der Waals surface area contributed by atoms with Crippen LogP contribution in [0.4, 0.5) is 0 Å². The number of benzene rings is 1. The van der Waals surface area contributed by atoms with E-state index in [-0.39, 0.29) is 54.3 Å². The van der Waals surface area contributed by atoms with Gasteiger partial charge in [0.15, 0.2) is 0 Å². The first-order valence-corrected chi connectivity index (χ1v) is 3.16. The Kier molecular flexibility index (Phi) is 7.67. The third kappa shape index (κ3) is 3.63. The van der Waals surface area contributed by atoms with Gasteiger partial charge in [0.2, 0.25) is 0 Å². The van der Waals surface area contributed by atoms with E-state index in [0.29, 0.717) is 0 Å². The van der Waals surface area contributed by atoms with Gasteiger partial charge in [-0.05, 0) is 6.07 Å². The van der Waals surface area contributed by atoms with Crippen molar-refractivity contribution >= 4 is 49.7 Å². The van der Waals surface area contributed by atoms with Crippen molar-refractivity contribution in [2.75, 3.05) is 0 Å². The Morgan fingerprint density at radius 2 is 1.57 bits per heavy atom. The number of carbonyl (C=O) groups is 2. The van der Waals surface area contributed by atoms with Crippen LogP contribution in [0.25, 0.3) is 0 Å². The fraction of sp³-hybridized carbons (Fsp3) is 0. The van der Waals surface area contributed by atoms with E-state index < -0.39 is 11.9 Å². The molecule has 0 spiro atoms. The standard InChI is InChI=1S/C8H6O4.Ca.H2O/c9-7(10)5-3-1-2-4-6(5)8(11)12;;/h1-4H,(H,9,10)(H,11,12);;1H2/q;+2;/p-1. The van der Waals surface area contributed by atoms with Crippen LogP contribution >= 0.6 is 0 Å². The van der Waals surface area contributed by atoms with Crippen LogP contribution in [-0.2, 0) is 0 Å². The van der Waals surface area contributed by atoms with Gasteiger partial charge < -0.3 is 20.5 Å². The molecule has 0 saturated heterocycles. The first-order valence-electron chi connectivity index (χ1n) is 3.16. The van der Waals surface area contributed by atoms with Crippen molar-refractivity contribution in [1.29, 1.82) is 0 Å². The van der Waals surface area contributed by atoms with Crippen molar-refractivity contribution in [1.82, 2.24) is 0 Å². The minimum Gasteiger partial charge on any atom is -0.545 e. The molecule has 5 nitrogen and oxygen atoms in total. The second-order valence-electron chi connectivity index (χ2n) is 2.14. The average molecular weight is 223 g/mol. The third-order valence-electron chi connectivity index (χ3n) is 1.38. The number of hydrogen-bond donors (Lipinski definition) is 1. The van der Waals surface area contributed by atoms with E-state index in [9.17, 15) is 14.7 Å². The van der Waals surface area contributed by atoms with Crippen LogP contribution in [-0.4, -0.2) is 60.3 Å². The summed E-state index contributed by atoms with van der Waals surface area (Å²) in [4.78, 5) is 20.8. The Morgan fingerprint density at radius 3 is 1.86 bits per heavy atom. The Hall–Kier alpha value is -0.620. The summed E-state index contributed by atoms with van der Waals surface area (Å²) in [5, 5.41) is 18.9. The SMILES string of the molecule is O.O=C([O-])c1ccccc1C(=O)O.[Ca+2]. The van der Waals surface area contributed by atoms with E-state index in [0.717, 1.165) is 0 Å². The minimum absolute atomic E-state index is 0. The molecule has 70 valence electrons. The van der Waals surface area contributed by atoms with E-state index in [1.807, 2.05) is 0 Å². The molecule has 1 rings (SSSR count). The Bertz CT molecular complexity index is 303. The van der Waals surface area contributed by atoms with Gasteiger partial charge in [-0.3, -0.25) is 0 Å². The second-order valence-corrected chi connectivity index (χ2v) is 2.14. The summed E-state index contributed by atoms with van der Waals surface area (Å²) in [6.45, 7) is 0. The fourth-order valence-corrected chi connectivity index (χ4v) is 0.848. The van der Waals surface area contributed by atoms with E-state index in [1.165, 1.54) is 24.3 Å². The molecule has 0 fully saturated rings. The number of carboxylic acid groups (broad SMARTS) is 2.